The SMILES string of the molecule is O=S(=O)(Cl)C1CC2(CC(C(F)F)C2)C1. The third-order valence-corrected chi connectivity index (χ3v) is 5.35. The molecule has 14 heavy (non-hydrogen) atoms. The summed E-state index contributed by atoms with van der Waals surface area (Å²) in [4.78, 5) is 0. The Kier molecular flexibility index (Phi) is 2.31. The first kappa shape index (κ1) is 10.6. The maximum atomic E-state index is 12.2. The molecule has 82 valence electrons. The summed E-state index contributed by atoms with van der Waals surface area (Å²) in [5.41, 5.74) is -0.117. The molecule has 0 radical (unpaired) electrons. The Morgan fingerprint density at radius 2 is 1.71 bits per heavy atom. The van der Waals surface area contributed by atoms with Gasteiger partial charge in [-0.2, -0.15) is 0 Å². The maximum Gasteiger partial charge on any atom is 0.241 e. The Bertz CT molecular complexity index is 327. The molecule has 2 rings (SSSR count). The van der Waals surface area contributed by atoms with E-state index in [9.17, 15) is 17.2 Å². The van der Waals surface area contributed by atoms with Crippen LogP contribution in [0.4, 0.5) is 8.78 Å². The van der Waals surface area contributed by atoms with E-state index >= 15 is 0 Å². The molecule has 2 aliphatic rings. The Balaban J connectivity index is 1.86. The molecule has 0 heterocycles. The summed E-state index contributed by atoms with van der Waals surface area (Å²) in [6, 6.07) is 0. The molecule has 1 spiro atoms. The van der Waals surface area contributed by atoms with Gasteiger partial charge in [0.1, 0.15) is 0 Å². The number of hydrogen-bond donors (Lipinski definition) is 0. The molecule has 0 atom stereocenters. The van der Waals surface area contributed by atoms with E-state index in [1.54, 1.807) is 0 Å². The van der Waals surface area contributed by atoms with Crippen molar-refractivity contribution < 1.29 is 17.2 Å². The van der Waals surface area contributed by atoms with Gasteiger partial charge >= 0.3 is 0 Å². The highest BCUT2D eigenvalue weighted by Gasteiger charge is 2.57. The molecule has 2 aliphatic carbocycles. The van der Waals surface area contributed by atoms with Crippen LogP contribution in [0.25, 0.3) is 0 Å². The molecular formula is C8H11ClF2O2S. The molecule has 2 fully saturated rings. The molecule has 0 amide bonds. The van der Waals surface area contributed by atoms with Crippen molar-refractivity contribution in [3.63, 3.8) is 0 Å². The van der Waals surface area contributed by atoms with E-state index in [4.69, 9.17) is 10.7 Å². The molecule has 0 aromatic rings. The highest BCUT2D eigenvalue weighted by atomic mass is 35.7. The number of alkyl halides is 2. The summed E-state index contributed by atoms with van der Waals surface area (Å²) < 4.78 is 46.1. The first-order valence-corrected chi connectivity index (χ1v) is 6.91. The van der Waals surface area contributed by atoms with Gasteiger partial charge in [0.25, 0.3) is 0 Å². The van der Waals surface area contributed by atoms with Crippen LogP contribution in [0.15, 0.2) is 0 Å². The van der Waals surface area contributed by atoms with Crippen molar-refractivity contribution in [2.24, 2.45) is 11.3 Å². The molecule has 0 aromatic heterocycles. The van der Waals surface area contributed by atoms with Gasteiger partial charge in [-0.1, -0.05) is 0 Å². The normalized spacial score (nSPS) is 42.3. The van der Waals surface area contributed by atoms with Crippen molar-refractivity contribution in [3.8, 4) is 0 Å². The fourth-order valence-electron chi connectivity index (χ4n) is 2.67. The Hall–Kier alpha value is 0.1000. The maximum absolute atomic E-state index is 12.2. The molecule has 0 saturated heterocycles. The summed E-state index contributed by atoms with van der Waals surface area (Å²) in [7, 11) is 1.70. The standard InChI is InChI=1S/C8H11ClF2O2S/c9-14(12,13)6-3-8(4-6)1-5(2-8)7(10)11/h5-7H,1-4H2. The van der Waals surface area contributed by atoms with Crippen LogP contribution in [-0.4, -0.2) is 20.1 Å². The van der Waals surface area contributed by atoms with Crippen molar-refractivity contribution in [1.82, 2.24) is 0 Å². The lowest BCUT2D eigenvalue weighted by Crippen LogP contribution is -2.53. The molecule has 2 saturated carbocycles. The Morgan fingerprint density at radius 3 is 2.07 bits per heavy atom. The average molecular weight is 245 g/mol. The lowest BCUT2D eigenvalue weighted by Gasteiger charge is -2.56. The Labute approximate surface area is 86.0 Å². The van der Waals surface area contributed by atoms with Crippen LogP contribution in [0.1, 0.15) is 25.7 Å². The largest absolute Gasteiger partial charge is 0.241 e. The lowest BCUT2D eigenvalue weighted by atomic mass is 9.51. The van der Waals surface area contributed by atoms with Crippen LogP contribution >= 0.6 is 10.7 Å². The summed E-state index contributed by atoms with van der Waals surface area (Å²) in [6.45, 7) is 0. The zero-order valence-electron chi connectivity index (χ0n) is 7.42. The van der Waals surface area contributed by atoms with Gasteiger partial charge in [0.05, 0.1) is 5.25 Å². The van der Waals surface area contributed by atoms with Gasteiger partial charge in [-0.15, -0.1) is 0 Å². The molecule has 0 aliphatic heterocycles. The van der Waals surface area contributed by atoms with E-state index in [2.05, 4.69) is 0 Å². The van der Waals surface area contributed by atoms with E-state index in [0.29, 0.717) is 25.7 Å². The minimum atomic E-state index is -3.47. The minimum Gasteiger partial charge on any atom is -0.212 e. The highest BCUT2D eigenvalue weighted by Crippen LogP contribution is 2.61. The van der Waals surface area contributed by atoms with Gasteiger partial charge in [0.2, 0.25) is 15.5 Å². The van der Waals surface area contributed by atoms with Crippen LogP contribution in [0.2, 0.25) is 0 Å². The number of halogens is 3. The number of rotatable bonds is 2. The second-order valence-corrected chi connectivity index (χ2v) is 7.42. The van der Waals surface area contributed by atoms with Crippen LogP contribution in [0.3, 0.4) is 0 Å². The van der Waals surface area contributed by atoms with E-state index < -0.39 is 26.6 Å². The second kappa shape index (κ2) is 3.04. The molecule has 0 aromatic carbocycles. The summed E-state index contributed by atoms with van der Waals surface area (Å²) in [6.07, 6.45) is -0.377. The molecule has 2 nitrogen and oxygen atoms in total. The van der Waals surface area contributed by atoms with Crippen molar-refractivity contribution in [1.29, 1.82) is 0 Å². The monoisotopic (exact) mass is 244 g/mol. The van der Waals surface area contributed by atoms with E-state index in [-0.39, 0.29) is 5.41 Å². The molecule has 0 bridgehead atoms. The summed E-state index contributed by atoms with van der Waals surface area (Å²) >= 11 is 0. The molecule has 0 N–H and O–H groups in total. The molecule has 6 heteroatoms. The summed E-state index contributed by atoms with van der Waals surface area (Å²) in [5, 5.41) is -0.497. The predicted molar refractivity (Wildman–Crippen MR) is 49.0 cm³/mol. The van der Waals surface area contributed by atoms with Gasteiger partial charge in [-0.25, -0.2) is 17.2 Å². The van der Waals surface area contributed by atoms with Gasteiger partial charge in [0, 0.05) is 16.6 Å². The zero-order valence-corrected chi connectivity index (χ0v) is 8.99. The fourth-order valence-corrected chi connectivity index (χ4v) is 4.15. The lowest BCUT2D eigenvalue weighted by molar-refractivity contribution is -0.0903. The van der Waals surface area contributed by atoms with Crippen LogP contribution in [-0.2, 0) is 9.05 Å². The van der Waals surface area contributed by atoms with Gasteiger partial charge < -0.3 is 0 Å². The first-order chi connectivity index (χ1) is 6.32. The molecule has 0 unspecified atom stereocenters. The predicted octanol–water partition coefficient (Wildman–Crippen LogP) is 2.38. The fraction of sp³-hybridized carbons (Fsp3) is 1.00. The minimum absolute atomic E-state index is 0.117. The zero-order chi connectivity index (χ0) is 10.6. The third kappa shape index (κ3) is 1.65. The van der Waals surface area contributed by atoms with Gasteiger partial charge in [-0.3, -0.25) is 0 Å². The second-order valence-electron chi connectivity index (χ2n) is 4.51. The first-order valence-electron chi connectivity index (χ1n) is 4.54. The highest BCUT2D eigenvalue weighted by molar-refractivity contribution is 8.14. The summed E-state index contributed by atoms with van der Waals surface area (Å²) in [5.74, 6) is -0.519. The van der Waals surface area contributed by atoms with E-state index in [1.165, 1.54) is 0 Å². The molecular weight excluding hydrogens is 234 g/mol. The average Bonchev–Trinajstić information content (AvgIpc) is 1.74. The van der Waals surface area contributed by atoms with Crippen LogP contribution < -0.4 is 0 Å². The quantitative estimate of drug-likeness (QED) is 0.699. The Morgan fingerprint density at radius 1 is 1.21 bits per heavy atom. The smallest absolute Gasteiger partial charge is 0.212 e. The van der Waals surface area contributed by atoms with Crippen molar-refractivity contribution in [2.75, 3.05) is 0 Å². The van der Waals surface area contributed by atoms with Crippen molar-refractivity contribution in [2.45, 2.75) is 37.4 Å². The van der Waals surface area contributed by atoms with E-state index in [0.717, 1.165) is 0 Å². The van der Waals surface area contributed by atoms with Crippen molar-refractivity contribution >= 4 is 19.7 Å². The van der Waals surface area contributed by atoms with Crippen LogP contribution in [0.5, 0.6) is 0 Å². The van der Waals surface area contributed by atoms with Crippen molar-refractivity contribution in [3.05, 3.63) is 0 Å². The van der Waals surface area contributed by atoms with Gasteiger partial charge in [0.15, 0.2) is 0 Å². The topological polar surface area (TPSA) is 34.1 Å². The van der Waals surface area contributed by atoms with Gasteiger partial charge in [-0.05, 0) is 31.1 Å². The van der Waals surface area contributed by atoms with Crippen LogP contribution in [0, 0.1) is 11.3 Å². The third-order valence-electron chi connectivity index (χ3n) is 3.47. The number of hydrogen-bond acceptors (Lipinski definition) is 2. The van der Waals surface area contributed by atoms with E-state index in [1.807, 2.05) is 0 Å².